The number of hydrogen-bond acceptors (Lipinski definition) is 1. The van der Waals surface area contributed by atoms with Crippen molar-refractivity contribution in [2.75, 3.05) is 0 Å². The Balaban J connectivity index is 3.24. The predicted molar refractivity (Wildman–Crippen MR) is 87.0 cm³/mol. The zero-order chi connectivity index (χ0) is 15.1. The molecule has 118 valence electrons. The molecule has 0 aromatic carbocycles. The average Bonchev–Trinajstić information content (AvgIpc) is 2.41. The van der Waals surface area contributed by atoms with E-state index in [1.807, 2.05) is 0 Å². The zero-order valence-corrected chi connectivity index (χ0v) is 13.6. The second-order valence-corrected chi connectivity index (χ2v) is 6.00. The van der Waals surface area contributed by atoms with Crippen LogP contribution in [0, 0.1) is 5.92 Å². The zero-order valence-electron chi connectivity index (χ0n) is 13.6. The fraction of sp³-hybridized carbons (Fsp3) is 0.833. The summed E-state index contributed by atoms with van der Waals surface area (Å²) >= 11 is 0. The lowest BCUT2D eigenvalue weighted by Crippen LogP contribution is -1.98. The number of allylic oxidation sites excluding steroid dienone is 2. The molecule has 1 atom stereocenters. The molecule has 0 aliphatic heterocycles. The van der Waals surface area contributed by atoms with Gasteiger partial charge in [-0.05, 0) is 31.6 Å². The van der Waals surface area contributed by atoms with Gasteiger partial charge in [0.05, 0.1) is 0 Å². The minimum Gasteiger partial charge on any atom is -0.481 e. The van der Waals surface area contributed by atoms with Crippen molar-refractivity contribution in [2.45, 2.75) is 90.9 Å². The Kier molecular flexibility index (Phi) is 14.0. The van der Waals surface area contributed by atoms with E-state index < -0.39 is 5.97 Å². The van der Waals surface area contributed by atoms with Gasteiger partial charge < -0.3 is 5.11 Å². The van der Waals surface area contributed by atoms with Crippen molar-refractivity contribution in [3.05, 3.63) is 12.2 Å². The maximum Gasteiger partial charge on any atom is 0.303 e. The Morgan fingerprint density at radius 1 is 0.950 bits per heavy atom. The summed E-state index contributed by atoms with van der Waals surface area (Å²) in [5.41, 5.74) is 0. The summed E-state index contributed by atoms with van der Waals surface area (Å²) in [6.45, 7) is 4.53. The topological polar surface area (TPSA) is 37.3 Å². The molecule has 20 heavy (non-hydrogen) atoms. The molecule has 1 unspecified atom stereocenters. The number of aliphatic carboxylic acids is 1. The van der Waals surface area contributed by atoms with Gasteiger partial charge in [-0.2, -0.15) is 0 Å². The first-order valence-electron chi connectivity index (χ1n) is 8.53. The third kappa shape index (κ3) is 15.3. The Hall–Kier alpha value is -0.790. The van der Waals surface area contributed by atoms with Gasteiger partial charge in [0.2, 0.25) is 0 Å². The maximum atomic E-state index is 10.4. The molecule has 2 nitrogen and oxygen atoms in total. The molecular formula is C18H34O2. The highest BCUT2D eigenvalue weighted by molar-refractivity contribution is 5.66. The van der Waals surface area contributed by atoms with Crippen LogP contribution < -0.4 is 0 Å². The van der Waals surface area contributed by atoms with Crippen LogP contribution in [0.3, 0.4) is 0 Å². The Labute approximate surface area is 125 Å². The molecule has 2 heteroatoms. The minimum absolute atomic E-state index is 0.330. The standard InChI is InChI=1S/C18H34O2/c1-3-4-5-6-7-8-9-10-11-14-17(2)15-12-13-16-18(19)20/h6-7,17H,3-5,8-16H2,1-2H3,(H,19,20). The number of rotatable bonds is 14. The van der Waals surface area contributed by atoms with Crippen molar-refractivity contribution < 1.29 is 9.90 Å². The van der Waals surface area contributed by atoms with Crippen molar-refractivity contribution in [2.24, 2.45) is 5.92 Å². The van der Waals surface area contributed by atoms with E-state index in [1.54, 1.807) is 0 Å². The summed E-state index contributed by atoms with van der Waals surface area (Å²) in [5.74, 6) is 0.0912. The van der Waals surface area contributed by atoms with Crippen molar-refractivity contribution in [1.82, 2.24) is 0 Å². The summed E-state index contributed by atoms with van der Waals surface area (Å²) in [6, 6.07) is 0. The minimum atomic E-state index is -0.662. The number of carboxylic acid groups (broad SMARTS) is 1. The number of hydrogen-bond donors (Lipinski definition) is 1. The molecule has 0 amide bonds. The number of unbranched alkanes of at least 4 members (excludes halogenated alkanes) is 6. The lowest BCUT2D eigenvalue weighted by atomic mass is 9.96. The molecule has 0 aliphatic carbocycles. The van der Waals surface area contributed by atoms with Gasteiger partial charge in [-0.3, -0.25) is 4.79 Å². The highest BCUT2D eigenvalue weighted by Crippen LogP contribution is 2.17. The largest absolute Gasteiger partial charge is 0.481 e. The van der Waals surface area contributed by atoms with E-state index in [4.69, 9.17) is 5.11 Å². The van der Waals surface area contributed by atoms with E-state index in [2.05, 4.69) is 26.0 Å². The summed E-state index contributed by atoms with van der Waals surface area (Å²) < 4.78 is 0. The van der Waals surface area contributed by atoms with Crippen LogP contribution in [0.4, 0.5) is 0 Å². The van der Waals surface area contributed by atoms with Gasteiger partial charge in [0, 0.05) is 6.42 Å². The van der Waals surface area contributed by atoms with E-state index in [0.717, 1.165) is 18.8 Å². The van der Waals surface area contributed by atoms with Crippen LogP contribution in [-0.4, -0.2) is 11.1 Å². The highest BCUT2D eigenvalue weighted by Gasteiger charge is 2.03. The normalized spacial score (nSPS) is 12.9. The molecular weight excluding hydrogens is 248 g/mol. The van der Waals surface area contributed by atoms with Gasteiger partial charge in [0.25, 0.3) is 0 Å². The van der Waals surface area contributed by atoms with Crippen molar-refractivity contribution >= 4 is 5.97 Å². The monoisotopic (exact) mass is 282 g/mol. The van der Waals surface area contributed by atoms with Gasteiger partial charge in [0.1, 0.15) is 0 Å². The quantitative estimate of drug-likeness (QED) is 0.315. The molecule has 0 saturated heterocycles. The molecule has 0 aromatic rings. The van der Waals surface area contributed by atoms with E-state index in [0.29, 0.717) is 6.42 Å². The third-order valence-electron chi connectivity index (χ3n) is 3.80. The molecule has 1 N–H and O–H groups in total. The van der Waals surface area contributed by atoms with Crippen LogP contribution in [0.2, 0.25) is 0 Å². The summed E-state index contributed by atoms with van der Waals surface area (Å²) in [6.07, 6.45) is 18.4. The van der Waals surface area contributed by atoms with Crippen molar-refractivity contribution in [3.8, 4) is 0 Å². The molecule has 0 bridgehead atoms. The molecule has 0 spiro atoms. The van der Waals surface area contributed by atoms with Gasteiger partial charge in [-0.15, -0.1) is 0 Å². The van der Waals surface area contributed by atoms with Gasteiger partial charge in [-0.25, -0.2) is 0 Å². The van der Waals surface area contributed by atoms with Crippen LogP contribution in [0.15, 0.2) is 12.2 Å². The molecule has 0 aliphatic rings. The van der Waals surface area contributed by atoms with Crippen LogP contribution in [0.5, 0.6) is 0 Å². The van der Waals surface area contributed by atoms with Crippen molar-refractivity contribution in [3.63, 3.8) is 0 Å². The van der Waals surface area contributed by atoms with E-state index >= 15 is 0 Å². The highest BCUT2D eigenvalue weighted by atomic mass is 16.4. The lowest BCUT2D eigenvalue weighted by molar-refractivity contribution is -0.137. The number of carboxylic acids is 1. The molecule has 0 saturated carbocycles. The maximum absolute atomic E-state index is 10.4. The number of carbonyl (C=O) groups is 1. The Morgan fingerprint density at radius 2 is 1.55 bits per heavy atom. The smallest absolute Gasteiger partial charge is 0.303 e. The average molecular weight is 282 g/mol. The third-order valence-corrected chi connectivity index (χ3v) is 3.80. The van der Waals surface area contributed by atoms with Crippen LogP contribution in [-0.2, 0) is 4.79 Å². The van der Waals surface area contributed by atoms with E-state index in [-0.39, 0.29) is 0 Å². The van der Waals surface area contributed by atoms with E-state index in [9.17, 15) is 4.79 Å². The first-order chi connectivity index (χ1) is 9.66. The van der Waals surface area contributed by atoms with Gasteiger partial charge >= 0.3 is 5.97 Å². The van der Waals surface area contributed by atoms with Crippen LogP contribution in [0.25, 0.3) is 0 Å². The van der Waals surface area contributed by atoms with Crippen LogP contribution in [0.1, 0.15) is 90.9 Å². The first-order valence-corrected chi connectivity index (χ1v) is 8.53. The first kappa shape index (κ1) is 19.2. The molecule has 0 aromatic heterocycles. The summed E-state index contributed by atoms with van der Waals surface area (Å²) in [5, 5.41) is 8.57. The SMILES string of the molecule is CCCCC=CCCCCCC(C)CCCCC(=O)O. The molecule has 0 rings (SSSR count). The molecule has 0 radical (unpaired) electrons. The fourth-order valence-corrected chi connectivity index (χ4v) is 2.40. The second-order valence-electron chi connectivity index (χ2n) is 6.00. The van der Waals surface area contributed by atoms with Crippen molar-refractivity contribution in [1.29, 1.82) is 0 Å². The summed E-state index contributed by atoms with van der Waals surface area (Å²) in [4.78, 5) is 10.4. The van der Waals surface area contributed by atoms with Gasteiger partial charge in [0.15, 0.2) is 0 Å². The fourth-order valence-electron chi connectivity index (χ4n) is 2.40. The van der Waals surface area contributed by atoms with E-state index in [1.165, 1.54) is 57.8 Å². The lowest BCUT2D eigenvalue weighted by Gasteiger charge is -2.10. The second kappa shape index (κ2) is 14.6. The van der Waals surface area contributed by atoms with Crippen LogP contribution >= 0.6 is 0 Å². The van der Waals surface area contributed by atoms with Gasteiger partial charge in [-0.1, -0.05) is 70.9 Å². The molecule has 0 heterocycles. The predicted octanol–water partition coefficient (Wildman–Crippen LogP) is 5.96. The molecule has 0 fully saturated rings. The Bertz CT molecular complexity index is 246. The Morgan fingerprint density at radius 3 is 2.15 bits per heavy atom. The summed E-state index contributed by atoms with van der Waals surface area (Å²) in [7, 11) is 0.